The van der Waals surface area contributed by atoms with Crippen molar-refractivity contribution >= 4 is 0 Å². The van der Waals surface area contributed by atoms with Crippen molar-refractivity contribution in [2.24, 2.45) is 0 Å². The van der Waals surface area contributed by atoms with E-state index in [1.807, 2.05) is 6.07 Å². The molecule has 0 heterocycles. The molecule has 6 heteroatoms. The fraction of sp³-hybridized carbons (Fsp3) is 0.854. The van der Waals surface area contributed by atoms with E-state index in [-0.39, 0.29) is 42.1 Å². The maximum atomic E-state index is 10.5. The van der Waals surface area contributed by atoms with E-state index in [2.05, 4.69) is 66.3 Å². The summed E-state index contributed by atoms with van der Waals surface area (Å²) in [6.45, 7) is 8.29. The van der Waals surface area contributed by atoms with Crippen LogP contribution in [0.25, 0.3) is 0 Å². The highest BCUT2D eigenvalue weighted by molar-refractivity contribution is 5.13. The number of halogens is 2. The SMILES string of the molecule is CCCCCCCCCCC(O)C[N+](C)(CCO)Cc1ccccc1.CCCCCCCCCCCCCCCC[N+](C)(C)C.[Br-].[Cl-]. The lowest BCUT2D eigenvalue weighted by Gasteiger charge is -2.36. The van der Waals surface area contributed by atoms with Crippen molar-refractivity contribution in [3.05, 3.63) is 35.9 Å². The van der Waals surface area contributed by atoms with E-state index in [1.54, 1.807) is 0 Å². The van der Waals surface area contributed by atoms with Crippen LogP contribution in [-0.2, 0) is 6.54 Å². The monoisotopic (exact) mass is 749 g/mol. The number of benzene rings is 1. The first-order chi connectivity index (χ1) is 21.7. The van der Waals surface area contributed by atoms with E-state index in [9.17, 15) is 10.2 Å². The van der Waals surface area contributed by atoms with Crippen LogP contribution in [0.2, 0.25) is 0 Å². The van der Waals surface area contributed by atoms with Gasteiger partial charge in [-0.05, 0) is 19.3 Å². The molecule has 0 radical (unpaired) electrons. The summed E-state index contributed by atoms with van der Waals surface area (Å²) in [6, 6.07) is 10.4. The smallest absolute Gasteiger partial charge is 0.105 e. The van der Waals surface area contributed by atoms with Crippen LogP contribution in [0.15, 0.2) is 30.3 Å². The molecule has 2 unspecified atom stereocenters. The largest absolute Gasteiger partial charge is 1.00 e. The summed E-state index contributed by atoms with van der Waals surface area (Å²) >= 11 is 0. The Morgan fingerprint density at radius 2 is 0.936 bits per heavy atom. The Kier molecular flexibility index (Phi) is 38.8. The van der Waals surface area contributed by atoms with Gasteiger partial charge in [-0.25, -0.2) is 0 Å². The molecule has 0 saturated heterocycles. The van der Waals surface area contributed by atoms with E-state index in [4.69, 9.17) is 0 Å². The van der Waals surface area contributed by atoms with Gasteiger partial charge in [0.1, 0.15) is 25.7 Å². The molecule has 1 aromatic rings. The van der Waals surface area contributed by atoms with E-state index in [0.717, 1.165) is 23.9 Å². The molecule has 47 heavy (non-hydrogen) atoms. The summed E-state index contributed by atoms with van der Waals surface area (Å²) in [5.74, 6) is 0. The van der Waals surface area contributed by atoms with E-state index >= 15 is 0 Å². The molecule has 282 valence electrons. The van der Waals surface area contributed by atoms with Crippen LogP contribution in [-0.4, -0.2) is 79.7 Å². The van der Waals surface area contributed by atoms with Gasteiger partial charge in [-0.15, -0.1) is 0 Å². The third-order valence-corrected chi connectivity index (χ3v) is 9.27. The number of nitrogens with zero attached hydrogens (tertiary/aromatic N) is 2. The highest BCUT2D eigenvalue weighted by Gasteiger charge is 2.25. The van der Waals surface area contributed by atoms with Gasteiger partial charge >= 0.3 is 0 Å². The molecule has 0 fully saturated rings. The summed E-state index contributed by atoms with van der Waals surface area (Å²) in [4.78, 5) is 0. The molecule has 0 bridgehead atoms. The molecule has 1 aromatic carbocycles. The minimum atomic E-state index is -0.277. The van der Waals surface area contributed by atoms with Crippen LogP contribution in [0.3, 0.4) is 0 Å². The molecular weight excluding hydrogens is 668 g/mol. The zero-order chi connectivity index (χ0) is 33.5. The third-order valence-electron chi connectivity index (χ3n) is 9.27. The van der Waals surface area contributed by atoms with E-state index in [1.165, 1.54) is 147 Å². The van der Waals surface area contributed by atoms with Crippen molar-refractivity contribution in [3.8, 4) is 0 Å². The van der Waals surface area contributed by atoms with Crippen LogP contribution in [0.4, 0.5) is 0 Å². The maximum Gasteiger partial charge on any atom is 0.105 e. The summed E-state index contributed by atoms with van der Waals surface area (Å²) in [7, 11) is 9.02. The number of aliphatic hydroxyl groups is 2. The topological polar surface area (TPSA) is 40.5 Å². The van der Waals surface area contributed by atoms with Crippen molar-refractivity contribution in [3.63, 3.8) is 0 Å². The normalized spacial score (nSPS) is 13.1. The molecule has 0 aliphatic rings. The first kappa shape index (κ1) is 51.2. The summed E-state index contributed by atoms with van der Waals surface area (Å²) < 4.78 is 1.82. The number of hydrogen-bond donors (Lipinski definition) is 2. The molecule has 0 aliphatic carbocycles. The highest BCUT2D eigenvalue weighted by Crippen LogP contribution is 2.17. The van der Waals surface area contributed by atoms with Crippen molar-refractivity contribution in [2.75, 3.05) is 54.4 Å². The van der Waals surface area contributed by atoms with Crippen molar-refractivity contribution in [2.45, 2.75) is 174 Å². The van der Waals surface area contributed by atoms with Gasteiger partial charge in [-0.3, -0.25) is 0 Å². The van der Waals surface area contributed by atoms with Gasteiger partial charge in [0.15, 0.2) is 0 Å². The zero-order valence-electron chi connectivity index (χ0n) is 32.3. The summed E-state index contributed by atoms with van der Waals surface area (Å²) in [5, 5.41) is 19.9. The van der Waals surface area contributed by atoms with Gasteiger partial charge in [0, 0.05) is 5.56 Å². The number of hydrogen-bond acceptors (Lipinski definition) is 2. The van der Waals surface area contributed by atoms with Crippen LogP contribution in [0.1, 0.15) is 167 Å². The van der Waals surface area contributed by atoms with Gasteiger partial charge in [0.25, 0.3) is 0 Å². The lowest BCUT2D eigenvalue weighted by molar-refractivity contribution is -0.925. The molecule has 1 rings (SSSR count). The van der Waals surface area contributed by atoms with Gasteiger partial charge in [-0.1, -0.05) is 173 Å². The Labute approximate surface area is 311 Å². The first-order valence-electron chi connectivity index (χ1n) is 19.6. The Bertz CT molecular complexity index is 734. The number of likely N-dealkylation sites (N-methyl/N-ethyl adjacent to an activating group) is 1. The second-order valence-corrected chi connectivity index (χ2v) is 15.4. The molecule has 0 amide bonds. The van der Waals surface area contributed by atoms with E-state index in [0.29, 0.717) is 17.6 Å². The summed E-state index contributed by atoms with van der Waals surface area (Å²) in [5.41, 5.74) is 1.26. The zero-order valence-corrected chi connectivity index (χ0v) is 34.6. The molecule has 4 nitrogen and oxygen atoms in total. The molecule has 0 aliphatic heterocycles. The second-order valence-electron chi connectivity index (χ2n) is 15.4. The molecule has 2 N–H and O–H groups in total. The fourth-order valence-electron chi connectivity index (χ4n) is 6.40. The van der Waals surface area contributed by atoms with Crippen LogP contribution in [0.5, 0.6) is 0 Å². The van der Waals surface area contributed by atoms with Crippen LogP contribution < -0.4 is 29.4 Å². The van der Waals surface area contributed by atoms with Gasteiger partial charge < -0.3 is 48.6 Å². The predicted molar refractivity (Wildman–Crippen MR) is 200 cm³/mol. The second kappa shape index (κ2) is 35.6. The van der Waals surface area contributed by atoms with E-state index < -0.39 is 0 Å². The number of rotatable bonds is 30. The predicted octanol–water partition coefficient (Wildman–Crippen LogP) is 4.70. The number of aliphatic hydroxyl groups excluding tert-OH is 2. The minimum Gasteiger partial charge on any atom is -1.00 e. The first-order valence-corrected chi connectivity index (χ1v) is 19.6. The van der Waals surface area contributed by atoms with Gasteiger partial charge in [0.05, 0.1) is 41.3 Å². The molecule has 0 spiro atoms. The average Bonchev–Trinajstić information content (AvgIpc) is 2.99. The Morgan fingerprint density at radius 1 is 0.553 bits per heavy atom. The van der Waals surface area contributed by atoms with Crippen molar-refractivity contribution < 1.29 is 48.6 Å². The number of unbranched alkanes of at least 4 members (excludes halogenated alkanes) is 20. The lowest BCUT2D eigenvalue weighted by atomic mass is 10.0. The molecular formula is C41H82BrClN2O2. The Morgan fingerprint density at radius 3 is 1.32 bits per heavy atom. The van der Waals surface area contributed by atoms with Crippen LogP contribution >= 0.6 is 0 Å². The average molecular weight is 750 g/mol. The minimum absolute atomic E-state index is 0. The third kappa shape index (κ3) is 36.9. The van der Waals surface area contributed by atoms with Crippen molar-refractivity contribution in [1.82, 2.24) is 0 Å². The molecule has 2 atom stereocenters. The summed E-state index contributed by atoms with van der Waals surface area (Å²) in [6.07, 6.45) is 31.3. The Balaban J connectivity index is -0.000000810. The van der Waals surface area contributed by atoms with Crippen molar-refractivity contribution in [1.29, 1.82) is 0 Å². The molecule has 0 aromatic heterocycles. The fourth-order valence-corrected chi connectivity index (χ4v) is 6.40. The Hall–Kier alpha value is -0.170. The number of quaternary nitrogens is 2. The lowest BCUT2D eigenvalue weighted by Crippen LogP contribution is -3.00. The maximum absolute atomic E-state index is 10.5. The molecule has 0 saturated carbocycles. The highest BCUT2D eigenvalue weighted by atomic mass is 79.9. The van der Waals surface area contributed by atoms with Gasteiger partial charge in [-0.2, -0.15) is 0 Å². The van der Waals surface area contributed by atoms with Gasteiger partial charge in [0.2, 0.25) is 0 Å². The standard InChI is InChI=1S/C22H40NO2.C19H42N.BrH.ClH/c1-3-4-5-6-7-8-9-13-16-22(25)20-23(2,17-18-24)19-21-14-11-10-12-15-21;1-5-6-7-8-9-10-11-12-13-14-15-16-17-18-19-20(2,3)4;;/h10-12,14-15,22,24-25H,3-9,13,16-20H2,1-2H3;5-19H2,1-4H3;2*1H/q2*+1;;/p-2. The quantitative estimate of drug-likeness (QED) is 0.0886. The van der Waals surface area contributed by atoms with Crippen LogP contribution in [0, 0.1) is 0 Å².